The van der Waals surface area contributed by atoms with Gasteiger partial charge in [0.1, 0.15) is 0 Å². The van der Waals surface area contributed by atoms with E-state index < -0.39 is 0 Å². The average Bonchev–Trinajstić information content (AvgIpc) is 3.72. The fraction of sp³-hybridized carbons (Fsp3) is 0. The van der Waals surface area contributed by atoms with Gasteiger partial charge in [0.2, 0.25) is 5.95 Å². The van der Waals surface area contributed by atoms with Crippen LogP contribution in [0.15, 0.2) is 170 Å². The van der Waals surface area contributed by atoms with Crippen LogP contribution in [0.2, 0.25) is 0 Å². The van der Waals surface area contributed by atoms with Gasteiger partial charge in [0.05, 0.1) is 33.3 Å². The largest absolute Gasteiger partial charge is 0.309 e. The van der Waals surface area contributed by atoms with Crippen molar-refractivity contribution in [2.45, 2.75) is 0 Å². The lowest BCUT2D eigenvalue weighted by molar-refractivity contribution is 1.02. The van der Waals surface area contributed by atoms with Crippen LogP contribution < -0.4 is 0 Å². The number of aromatic nitrogens is 4. The molecule has 232 valence electrons. The summed E-state index contributed by atoms with van der Waals surface area (Å²) in [6.45, 7) is 0. The molecule has 0 amide bonds. The fourth-order valence-electron chi connectivity index (χ4n) is 8.25. The molecule has 0 atom stereocenters. The van der Waals surface area contributed by atoms with Gasteiger partial charge >= 0.3 is 0 Å². The van der Waals surface area contributed by atoms with E-state index in [-0.39, 0.29) is 0 Å². The maximum atomic E-state index is 5.51. The Morgan fingerprint density at radius 1 is 0.360 bits per heavy atom. The minimum absolute atomic E-state index is 0.661. The molecule has 8 aromatic carbocycles. The molecule has 3 aromatic heterocycles. The van der Waals surface area contributed by atoms with Crippen LogP contribution in [0, 0.1) is 0 Å². The molecule has 0 aliphatic carbocycles. The number of hydrogen-bond acceptors (Lipinski definition) is 2. The predicted octanol–water partition coefficient (Wildman–Crippen LogP) is 11.8. The highest BCUT2D eigenvalue weighted by molar-refractivity contribution is 6.37. The van der Waals surface area contributed by atoms with E-state index in [9.17, 15) is 0 Å². The van der Waals surface area contributed by atoms with Crippen molar-refractivity contribution in [3.05, 3.63) is 170 Å². The van der Waals surface area contributed by atoms with Gasteiger partial charge in [0.25, 0.3) is 0 Å². The normalized spacial score (nSPS) is 12.0. The second-order valence-electron chi connectivity index (χ2n) is 12.9. The summed E-state index contributed by atoms with van der Waals surface area (Å²) in [5.41, 5.74) is 8.67. The summed E-state index contributed by atoms with van der Waals surface area (Å²) in [5, 5.41) is 10.6. The Bertz CT molecular complexity index is 3140. The van der Waals surface area contributed by atoms with Gasteiger partial charge in [-0.25, -0.2) is 9.97 Å². The van der Waals surface area contributed by atoms with Crippen LogP contribution in [0.3, 0.4) is 0 Å². The van der Waals surface area contributed by atoms with E-state index in [0.717, 1.165) is 44.3 Å². The van der Waals surface area contributed by atoms with Crippen LogP contribution in [0.25, 0.3) is 99.0 Å². The third-order valence-electron chi connectivity index (χ3n) is 10.3. The predicted molar refractivity (Wildman–Crippen MR) is 209 cm³/mol. The lowest BCUT2D eigenvalue weighted by atomic mass is 9.99. The summed E-state index contributed by atoms with van der Waals surface area (Å²) in [5.74, 6) is 0.661. The van der Waals surface area contributed by atoms with Crippen LogP contribution in [-0.4, -0.2) is 19.1 Å². The van der Waals surface area contributed by atoms with Crippen LogP contribution in [-0.2, 0) is 0 Å². The molecule has 11 aromatic rings. The lowest BCUT2D eigenvalue weighted by Gasteiger charge is -2.15. The third kappa shape index (κ3) is 3.70. The first kappa shape index (κ1) is 27.2. The number of nitrogens with zero attached hydrogens (tertiary/aromatic N) is 4. The summed E-state index contributed by atoms with van der Waals surface area (Å²) in [4.78, 5) is 10.8. The number of rotatable bonds is 3. The molecular weight excluding hydrogens is 609 g/mol. The lowest BCUT2D eigenvalue weighted by Crippen LogP contribution is -2.04. The van der Waals surface area contributed by atoms with E-state index in [1.165, 1.54) is 48.7 Å². The fourth-order valence-corrected chi connectivity index (χ4v) is 8.25. The van der Waals surface area contributed by atoms with Gasteiger partial charge in [-0.2, -0.15) is 0 Å². The van der Waals surface area contributed by atoms with Gasteiger partial charge in [0.15, 0.2) is 0 Å². The maximum absolute atomic E-state index is 5.51. The highest BCUT2D eigenvalue weighted by Crippen LogP contribution is 2.47. The van der Waals surface area contributed by atoms with Crippen molar-refractivity contribution in [3.63, 3.8) is 0 Å². The Labute approximate surface area is 287 Å². The van der Waals surface area contributed by atoms with Crippen molar-refractivity contribution < 1.29 is 0 Å². The van der Waals surface area contributed by atoms with Crippen molar-refractivity contribution in [2.75, 3.05) is 0 Å². The zero-order valence-electron chi connectivity index (χ0n) is 27.0. The molecular formula is C46H28N4. The number of para-hydroxylation sites is 4. The van der Waals surface area contributed by atoms with Crippen molar-refractivity contribution in [1.82, 2.24) is 19.1 Å². The van der Waals surface area contributed by atoms with Gasteiger partial charge in [-0.15, -0.1) is 0 Å². The molecule has 0 aliphatic rings. The maximum Gasteiger partial charge on any atom is 0.235 e. The van der Waals surface area contributed by atoms with Gasteiger partial charge < -0.3 is 4.57 Å². The molecule has 50 heavy (non-hydrogen) atoms. The minimum Gasteiger partial charge on any atom is -0.309 e. The number of hydrogen-bond donors (Lipinski definition) is 0. The molecule has 0 N–H and O–H groups in total. The van der Waals surface area contributed by atoms with Gasteiger partial charge in [0, 0.05) is 49.0 Å². The first-order valence-corrected chi connectivity index (χ1v) is 17.0. The monoisotopic (exact) mass is 636 g/mol. The SMILES string of the molecule is c1ccc(-n2c3ccccc3c3c4c5ccccc5n(-c5nc(-c6cccc7ccccc67)c6ccccc6n5)c4c4ccccc4c32)cc1. The van der Waals surface area contributed by atoms with Crippen LogP contribution >= 0.6 is 0 Å². The first-order valence-electron chi connectivity index (χ1n) is 17.0. The molecule has 0 fully saturated rings. The van der Waals surface area contributed by atoms with Gasteiger partial charge in [-0.1, -0.05) is 140 Å². The Hall–Kier alpha value is -6.78. The zero-order valence-corrected chi connectivity index (χ0v) is 27.0. The quantitative estimate of drug-likeness (QED) is 0.193. The second kappa shape index (κ2) is 10.4. The van der Waals surface area contributed by atoms with E-state index >= 15 is 0 Å². The summed E-state index contributed by atoms with van der Waals surface area (Å²) >= 11 is 0. The minimum atomic E-state index is 0.661. The Morgan fingerprint density at radius 2 is 0.880 bits per heavy atom. The smallest absolute Gasteiger partial charge is 0.235 e. The number of benzene rings is 8. The van der Waals surface area contributed by atoms with Gasteiger partial charge in [-0.05, 0) is 41.1 Å². The molecule has 0 radical (unpaired) electrons. The standard InChI is InChI=1S/C46H28N4/c1-2-17-30(18-3-1)49-39-27-12-9-23-36(39)41-42-37-24-10-13-28-40(37)50(45(42)34-21-7-6-20-33(34)44(41)49)46-47-38-26-11-8-22-35(38)43(48-46)32-25-14-16-29-15-4-5-19-31(29)32/h1-28H. The number of fused-ring (bicyclic) bond motifs is 12. The second-order valence-corrected chi connectivity index (χ2v) is 12.9. The summed E-state index contributed by atoms with van der Waals surface area (Å²) in [6.07, 6.45) is 0. The van der Waals surface area contributed by atoms with E-state index in [2.05, 4.69) is 179 Å². The van der Waals surface area contributed by atoms with Crippen LogP contribution in [0.4, 0.5) is 0 Å². The highest BCUT2D eigenvalue weighted by atomic mass is 15.2. The summed E-state index contributed by atoms with van der Waals surface area (Å²) in [6, 6.07) is 60.5. The van der Waals surface area contributed by atoms with E-state index in [0.29, 0.717) is 5.95 Å². The molecule has 0 saturated carbocycles. The Morgan fingerprint density at radius 3 is 1.60 bits per heavy atom. The molecule has 4 heteroatoms. The van der Waals surface area contributed by atoms with Crippen molar-refractivity contribution in [3.8, 4) is 22.9 Å². The molecule has 0 saturated heterocycles. The van der Waals surface area contributed by atoms with Crippen LogP contribution in [0.5, 0.6) is 0 Å². The van der Waals surface area contributed by atoms with Crippen LogP contribution in [0.1, 0.15) is 0 Å². The van der Waals surface area contributed by atoms with Crippen molar-refractivity contribution in [1.29, 1.82) is 0 Å². The highest BCUT2D eigenvalue weighted by Gasteiger charge is 2.25. The molecule has 0 spiro atoms. The van der Waals surface area contributed by atoms with Gasteiger partial charge in [-0.3, -0.25) is 4.57 Å². The summed E-state index contributed by atoms with van der Waals surface area (Å²) < 4.78 is 4.74. The topological polar surface area (TPSA) is 35.6 Å². The summed E-state index contributed by atoms with van der Waals surface area (Å²) in [7, 11) is 0. The van der Waals surface area contributed by atoms with E-state index in [1.807, 2.05) is 0 Å². The molecule has 0 aliphatic heterocycles. The average molecular weight is 637 g/mol. The molecule has 4 nitrogen and oxygen atoms in total. The zero-order chi connectivity index (χ0) is 32.8. The van der Waals surface area contributed by atoms with E-state index in [4.69, 9.17) is 9.97 Å². The van der Waals surface area contributed by atoms with E-state index in [1.54, 1.807) is 0 Å². The molecule has 11 rings (SSSR count). The third-order valence-corrected chi connectivity index (χ3v) is 10.3. The molecule has 0 unspecified atom stereocenters. The molecule has 0 bridgehead atoms. The van der Waals surface area contributed by atoms with Crippen molar-refractivity contribution in [2.24, 2.45) is 0 Å². The molecule has 3 heterocycles. The first-order chi connectivity index (χ1) is 24.8. The van der Waals surface area contributed by atoms with Crippen molar-refractivity contribution >= 4 is 76.1 Å². The Balaban J connectivity index is 1.36. The Kier molecular flexibility index (Phi) is 5.63.